The van der Waals surface area contributed by atoms with E-state index in [9.17, 15) is 26.4 Å². The Kier molecular flexibility index (Phi) is 6.35. The van der Waals surface area contributed by atoms with Crippen molar-refractivity contribution in [2.75, 3.05) is 26.0 Å². The van der Waals surface area contributed by atoms with E-state index in [1.807, 2.05) is 0 Å². The highest BCUT2D eigenvalue weighted by Crippen LogP contribution is 2.33. The second-order valence-electron chi connectivity index (χ2n) is 5.88. The zero-order chi connectivity index (χ0) is 21.1. The van der Waals surface area contributed by atoms with Crippen LogP contribution in [0.5, 0.6) is 5.75 Å². The molecular formula is C18H19F3N2O4S. The number of carbonyl (C=O) groups is 1. The lowest BCUT2D eigenvalue weighted by Gasteiger charge is -2.17. The molecule has 0 atom stereocenters. The Morgan fingerprint density at radius 1 is 1.14 bits per heavy atom. The molecule has 0 saturated carbocycles. The van der Waals surface area contributed by atoms with Gasteiger partial charge in [-0.05, 0) is 37.3 Å². The molecule has 0 unspecified atom stereocenters. The zero-order valence-electron chi connectivity index (χ0n) is 15.4. The van der Waals surface area contributed by atoms with Gasteiger partial charge in [0, 0.05) is 19.8 Å². The maximum Gasteiger partial charge on any atom is 0.417 e. The molecule has 10 heteroatoms. The van der Waals surface area contributed by atoms with Crippen LogP contribution in [0.4, 0.5) is 18.9 Å². The summed E-state index contributed by atoms with van der Waals surface area (Å²) < 4.78 is 70.6. The average Bonchev–Trinajstić information content (AvgIpc) is 2.62. The van der Waals surface area contributed by atoms with E-state index in [0.29, 0.717) is 0 Å². The first-order valence-corrected chi connectivity index (χ1v) is 9.59. The Morgan fingerprint density at radius 3 is 2.36 bits per heavy atom. The molecule has 0 aliphatic carbocycles. The fraction of sp³-hybridized carbons (Fsp3) is 0.278. The van der Waals surface area contributed by atoms with Gasteiger partial charge in [-0.2, -0.15) is 13.2 Å². The van der Waals surface area contributed by atoms with Gasteiger partial charge in [-0.15, -0.1) is 0 Å². The second kappa shape index (κ2) is 8.19. The molecule has 0 bridgehead atoms. The first kappa shape index (κ1) is 21.7. The van der Waals surface area contributed by atoms with Gasteiger partial charge < -0.3 is 10.1 Å². The number of ether oxygens (including phenoxy) is 1. The quantitative estimate of drug-likeness (QED) is 0.781. The van der Waals surface area contributed by atoms with Gasteiger partial charge in [0.2, 0.25) is 10.0 Å². The van der Waals surface area contributed by atoms with Gasteiger partial charge in [-0.25, -0.2) is 12.7 Å². The van der Waals surface area contributed by atoms with E-state index in [1.54, 1.807) is 6.92 Å². The lowest BCUT2D eigenvalue weighted by molar-refractivity contribution is -0.137. The number of rotatable bonds is 6. The molecule has 0 aliphatic heterocycles. The summed E-state index contributed by atoms with van der Waals surface area (Å²) in [5, 5.41) is 2.31. The Morgan fingerprint density at radius 2 is 1.79 bits per heavy atom. The SMILES string of the molecule is CCOc1ccc(NC(=O)c2ccccc2C(F)(F)F)cc1S(=O)(=O)N(C)C. The molecule has 2 aromatic carbocycles. The second-order valence-corrected chi connectivity index (χ2v) is 8.00. The molecule has 0 aromatic heterocycles. The van der Waals surface area contributed by atoms with Crippen molar-refractivity contribution in [2.24, 2.45) is 0 Å². The summed E-state index contributed by atoms with van der Waals surface area (Å²) in [5.41, 5.74) is -1.63. The summed E-state index contributed by atoms with van der Waals surface area (Å²) in [5.74, 6) is -0.935. The van der Waals surface area contributed by atoms with E-state index in [0.717, 1.165) is 22.5 Å². The highest BCUT2D eigenvalue weighted by atomic mass is 32.2. The maximum absolute atomic E-state index is 13.1. The fourth-order valence-electron chi connectivity index (χ4n) is 2.39. The monoisotopic (exact) mass is 416 g/mol. The molecule has 152 valence electrons. The standard InChI is InChI=1S/C18H19F3N2O4S/c1-4-27-15-10-9-12(11-16(15)28(25,26)23(2)3)22-17(24)13-7-5-6-8-14(13)18(19,20)21/h5-11H,4H2,1-3H3,(H,22,24). The number of nitrogens with zero attached hydrogens (tertiary/aromatic N) is 1. The smallest absolute Gasteiger partial charge is 0.417 e. The number of alkyl halides is 3. The van der Waals surface area contributed by atoms with Gasteiger partial charge in [0.05, 0.1) is 17.7 Å². The van der Waals surface area contributed by atoms with Crippen LogP contribution in [0.1, 0.15) is 22.8 Å². The van der Waals surface area contributed by atoms with E-state index in [2.05, 4.69) is 5.32 Å². The van der Waals surface area contributed by atoms with Crippen LogP contribution in [-0.4, -0.2) is 39.3 Å². The van der Waals surface area contributed by atoms with Crippen LogP contribution in [-0.2, 0) is 16.2 Å². The Balaban J connectivity index is 2.45. The van der Waals surface area contributed by atoms with Gasteiger partial charge in [-0.1, -0.05) is 12.1 Å². The summed E-state index contributed by atoms with van der Waals surface area (Å²) >= 11 is 0. The van der Waals surface area contributed by atoms with Crippen LogP contribution in [0.3, 0.4) is 0 Å². The molecule has 2 rings (SSSR count). The fourth-order valence-corrected chi connectivity index (χ4v) is 3.44. The number of hydrogen-bond donors (Lipinski definition) is 1. The summed E-state index contributed by atoms with van der Waals surface area (Å²) in [7, 11) is -1.25. The van der Waals surface area contributed by atoms with Crippen LogP contribution in [0, 0.1) is 0 Å². The van der Waals surface area contributed by atoms with E-state index < -0.39 is 33.2 Å². The molecule has 28 heavy (non-hydrogen) atoms. The molecule has 0 fully saturated rings. The van der Waals surface area contributed by atoms with Crippen LogP contribution in [0.15, 0.2) is 47.4 Å². The number of halogens is 3. The summed E-state index contributed by atoms with van der Waals surface area (Å²) in [6.07, 6.45) is -4.70. The van der Waals surface area contributed by atoms with Gasteiger partial charge in [0.1, 0.15) is 10.6 Å². The molecule has 1 N–H and O–H groups in total. The van der Waals surface area contributed by atoms with Crippen LogP contribution in [0.2, 0.25) is 0 Å². The predicted molar refractivity (Wildman–Crippen MR) is 97.9 cm³/mol. The van der Waals surface area contributed by atoms with Crippen molar-refractivity contribution in [1.82, 2.24) is 4.31 Å². The first-order chi connectivity index (χ1) is 13.0. The van der Waals surface area contributed by atoms with Crippen LogP contribution >= 0.6 is 0 Å². The van der Waals surface area contributed by atoms with Crippen molar-refractivity contribution >= 4 is 21.6 Å². The van der Waals surface area contributed by atoms with Crippen molar-refractivity contribution in [2.45, 2.75) is 18.0 Å². The molecule has 0 saturated heterocycles. The molecule has 0 radical (unpaired) electrons. The minimum absolute atomic E-state index is 0.0193. The van der Waals surface area contributed by atoms with Crippen molar-refractivity contribution in [1.29, 1.82) is 0 Å². The molecule has 0 spiro atoms. The number of sulfonamides is 1. The zero-order valence-corrected chi connectivity index (χ0v) is 16.2. The lowest BCUT2D eigenvalue weighted by Crippen LogP contribution is -2.23. The van der Waals surface area contributed by atoms with E-state index >= 15 is 0 Å². The molecular weight excluding hydrogens is 397 g/mol. The van der Waals surface area contributed by atoms with E-state index in [-0.39, 0.29) is 22.9 Å². The van der Waals surface area contributed by atoms with E-state index in [4.69, 9.17) is 4.74 Å². The van der Waals surface area contributed by atoms with Crippen molar-refractivity contribution < 1.29 is 31.1 Å². The van der Waals surface area contributed by atoms with E-state index in [1.165, 1.54) is 38.4 Å². The highest BCUT2D eigenvalue weighted by molar-refractivity contribution is 7.89. The first-order valence-electron chi connectivity index (χ1n) is 8.15. The molecule has 1 amide bonds. The number of hydrogen-bond acceptors (Lipinski definition) is 4. The Hall–Kier alpha value is -2.59. The highest BCUT2D eigenvalue weighted by Gasteiger charge is 2.35. The average molecular weight is 416 g/mol. The topological polar surface area (TPSA) is 75.7 Å². The summed E-state index contributed by atoms with van der Waals surface area (Å²) in [4.78, 5) is 12.2. The molecule has 2 aromatic rings. The maximum atomic E-state index is 13.1. The van der Waals surface area contributed by atoms with Crippen molar-refractivity contribution in [3.05, 3.63) is 53.6 Å². The normalized spacial score (nSPS) is 12.1. The lowest BCUT2D eigenvalue weighted by atomic mass is 10.1. The third-order valence-corrected chi connectivity index (χ3v) is 5.57. The van der Waals surface area contributed by atoms with Gasteiger partial charge in [0.15, 0.2) is 0 Å². The minimum Gasteiger partial charge on any atom is -0.492 e. The van der Waals surface area contributed by atoms with Crippen molar-refractivity contribution in [3.63, 3.8) is 0 Å². The minimum atomic E-state index is -4.70. The summed E-state index contributed by atoms with van der Waals surface area (Å²) in [6.45, 7) is 1.89. The van der Waals surface area contributed by atoms with Gasteiger partial charge in [-0.3, -0.25) is 4.79 Å². The van der Waals surface area contributed by atoms with Gasteiger partial charge >= 0.3 is 6.18 Å². The summed E-state index contributed by atoms with van der Waals surface area (Å²) in [6, 6.07) is 8.18. The Bertz CT molecular complexity index is 973. The van der Waals surface area contributed by atoms with Gasteiger partial charge in [0.25, 0.3) is 5.91 Å². The molecule has 0 heterocycles. The molecule has 6 nitrogen and oxygen atoms in total. The predicted octanol–water partition coefficient (Wildman–Crippen LogP) is 3.61. The number of benzene rings is 2. The van der Waals surface area contributed by atoms with Crippen LogP contribution in [0.25, 0.3) is 0 Å². The number of anilines is 1. The number of nitrogens with one attached hydrogen (secondary N) is 1. The van der Waals surface area contributed by atoms with Crippen LogP contribution < -0.4 is 10.1 Å². The third-order valence-electron chi connectivity index (χ3n) is 3.74. The Labute approximate surface area is 161 Å². The molecule has 0 aliphatic rings. The number of amides is 1. The largest absolute Gasteiger partial charge is 0.492 e. The van der Waals surface area contributed by atoms with Crippen molar-refractivity contribution in [3.8, 4) is 5.75 Å². The third kappa shape index (κ3) is 4.63. The number of carbonyl (C=O) groups excluding carboxylic acids is 1.